The number of hydrogen-bond acceptors (Lipinski definition) is 3. The molecule has 0 saturated carbocycles. The van der Waals surface area contributed by atoms with Crippen molar-refractivity contribution in [2.75, 3.05) is 13.2 Å². The van der Waals surface area contributed by atoms with Crippen molar-refractivity contribution in [2.24, 2.45) is 0 Å². The lowest BCUT2D eigenvalue weighted by molar-refractivity contribution is 0.110. The van der Waals surface area contributed by atoms with Gasteiger partial charge in [0.15, 0.2) is 0 Å². The van der Waals surface area contributed by atoms with E-state index in [1.54, 1.807) is 6.07 Å². The number of hydrogen-bond donors (Lipinski definition) is 2. The molecule has 1 atom stereocenters. The van der Waals surface area contributed by atoms with Crippen LogP contribution < -0.4 is 10.9 Å². The van der Waals surface area contributed by atoms with Crippen LogP contribution in [0.15, 0.2) is 23.0 Å². The molecule has 0 aliphatic carbocycles. The van der Waals surface area contributed by atoms with Crippen LogP contribution in [0.1, 0.15) is 18.5 Å². The van der Waals surface area contributed by atoms with E-state index in [9.17, 15) is 4.79 Å². The average molecular weight is 208 g/mol. The Morgan fingerprint density at radius 1 is 1.53 bits per heavy atom. The van der Waals surface area contributed by atoms with Gasteiger partial charge in [0, 0.05) is 31.5 Å². The normalized spacial score (nSPS) is 20.7. The Balaban J connectivity index is 1.75. The number of H-pyrrole nitrogens is 1. The standard InChI is InChI=1S/C11H16N2O2/c14-11-5-1-3-9(13-11)7-12-8-10-4-2-6-15-10/h1,3,5,10,12H,2,4,6-8H2,(H,13,14). The van der Waals surface area contributed by atoms with Crippen molar-refractivity contribution in [1.82, 2.24) is 10.3 Å². The van der Waals surface area contributed by atoms with Gasteiger partial charge in [-0.3, -0.25) is 4.79 Å². The fourth-order valence-corrected chi connectivity index (χ4v) is 1.77. The summed E-state index contributed by atoms with van der Waals surface area (Å²) in [4.78, 5) is 13.8. The molecule has 0 radical (unpaired) electrons. The van der Waals surface area contributed by atoms with E-state index in [1.165, 1.54) is 6.07 Å². The molecular formula is C11H16N2O2. The third kappa shape index (κ3) is 3.18. The molecule has 0 amide bonds. The van der Waals surface area contributed by atoms with Gasteiger partial charge in [-0.1, -0.05) is 6.07 Å². The zero-order chi connectivity index (χ0) is 10.5. The maximum absolute atomic E-state index is 11.0. The molecule has 0 spiro atoms. The van der Waals surface area contributed by atoms with Crippen LogP contribution in [0.5, 0.6) is 0 Å². The van der Waals surface area contributed by atoms with Gasteiger partial charge in [-0.05, 0) is 18.9 Å². The summed E-state index contributed by atoms with van der Waals surface area (Å²) < 4.78 is 5.48. The lowest BCUT2D eigenvalue weighted by Gasteiger charge is -2.10. The Morgan fingerprint density at radius 3 is 3.20 bits per heavy atom. The molecule has 1 aromatic heterocycles. The van der Waals surface area contributed by atoms with E-state index in [-0.39, 0.29) is 5.56 Å². The van der Waals surface area contributed by atoms with E-state index in [1.807, 2.05) is 6.07 Å². The van der Waals surface area contributed by atoms with Crippen LogP contribution in [0.3, 0.4) is 0 Å². The third-order valence-electron chi connectivity index (χ3n) is 2.54. The number of ether oxygens (including phenoxy) is 1. The molecule has 2 rings (SSSR count). The summed E-state index contributed by atoms with van der Waals surface area (Å²) in [5.41, 5.74) is 0.868. The predicted molar refractivity (Wildman–Crippen MR) is 57.7 cm³/mol. The van der Waals surface area contributed by atoms with E-state index in [2.05, 4.69) is 10.3 Å². The lowest BCUT2D eigenvalue weighted by Crippen LogP contribution is -2.26. The van der Waals surface area contributed by atoms with Crippen LogP contribution in [0.2, 0.25) is 0 Å². The van der Waals surface area contributed by atoms with E-state index >= 15 is 0 Å². The summed E-state index contributed by atoms with van der Waals surface area (Å²) in [5.74, 6) is 0. The maximum atomic E-state index is 11.0. The molecule has 1 aliphatic heterocycles. The maximum Gasteiger partial charge on any atom is 0.248 e. The van der Waals surface area contributed by atoms with Crippen LogP contribution in [0, 0.1) is 0 Å². The van der Waals surface area contributed by atoms with Crippen molar-refractivity contribution in [1.29, 1.82) is 0 Å². The van der Waals surface area contributed by atoms with Gasteiger partial charge in [-0.15, -0.1) is 0 Å². The summed E-state index contributed by atoms with van der Waals surface area (Å²) in [7, 11) is 0. The molecule has 2 heterocycles. The molecule has 4 heteroatoms. The van der Waals surface area contributed by atoms with Gasteiger partial charge < -0.3 is 15.0 Å². The molecule has 0 bridgehead atoms. The third-order valence-corrected chi connectivity index (χ3v) is 2.54. The topological polar surface area (TPSA) is 54.1 Å². The molecule has 1 fully saturated rings. The number of nitrogens with one attached hydrogen (secondary N) is 2. The van der Waals surface area contributed by atoms with Crippen molar-refractivity contribution < 1.29 is 4.74 Å². The predicted octanol–water partition coefficient (Wildman–Crippen LogP) is 0.643. The monoisotopic (exact) mass is 208 g/mol. The second kappa shape index (κ2) is 5.09. The summed E-state index contributed by atoms with van der Waals surface area (Å²) in [6.07, 6.45) is 2.65. The van der Waals surface area contributed by atoms with Crippen LogP contribution in [-0.2, 0) is 11.3 Å². The van der Waals surface area contributed by atoms with Crippen LogP contribution in [0.25, 0.3) is 0 Å². The second-order valence-corrected chi connectivity index (χ2v) is 3.81. The van der Waals surface area contributed by atoms with Gasteiger partial charge in [0.2, 0.25) is 5.56 Å². The summed E-state index contributed by atoms with van der Waals surface area (Å²) in [5, 5.41) is 3.28. The Kier molecular flexibility index (Phi) is 3.53. The van der Waals surface area contributed by atoms with Crippen molar-refractivity contribution in [3.63, 3.8) is 0 Å². The highest BCUT2D eigenvalue weighted by atomic mass is 16.5. The lowest BCUT2D eigenvalue weighted by atomic mass is 10.2. The van der Waals surface area contributed by atoms with Crippen molar-refractivity contribution >= 4 is 0 Å². The second-order valence-electron chi connectivity index (χ2n) is 3.81. The van der Waals surface area contributed by atoms with E-state index in [0.29, 0.717) is 12.6 Å². The molecule has 15 heavy (non-hydrogen) atoms. The fraction of sp³-hybridized carbons (Fsp3) is 0.545. The highest BCUT2D eigenvalue weighted by Crippen LogP contribution is 2.10. The summed E-state index contributed by atoms with van der Waals surface area (Å²) >= 11 is 0. The molecule has 1 unspecified atom stereocenters. The molecule has 1 aliphatic rings. The smallest absolute Gasteiger partial charge is 0.248 e. The number of aromatic nitrogens is 1. The highest BCUT2D eigenvalue weighted by molar-refractivity contribution is 5.03. The SMILES string of the molecule is O=c1cccc(CNCC2CCCO2)[nH]1. The molecule has 82 valence electrons. The van der Waals surface area contributed by atoms with Crippen LogP contribution >= 0.6 is 0 Å². The number of rotatable bonds is 4. The Hall–Kier alpha value is -1.13. The first-order valence-corrected chi connectivity index (χ1v) is 5.35. The first kappa shape index (κ1) is 10.4. The minimum Gasteiger partial charge on any atom is -0.377 e. The molecule has 2 N–H and O–H groups in total. The van der Waals surface area contributed by atoms with Crippen molar-refractivity contribution in [2.45, 2.75) is 25.5 Å². The molecule has 1 aromatic rings. The Labute approximate surface area is 88.7 Å². The largest absolute Gasteiger partial charge is 0.377 e. The van der Waals surface area contributed by atoms with Gasteiger partial charge in [0.1, 0.15) is 0 Å². The molecule has 4 nitrogen and oxygen atoms in total. The Bertz CT molecular complexity index is 356. The van der Waals surface area contributed by atoms with Crippen molar-refractivity contribution in [3.05, 3.63) is 34.2 Å². The van der Waals surface area contributed by atoms with Gasteiger partial charge in [0.25, 0.3) is 0 Å². The minimum atomic E-state index is -0.0496. The first-order valence-electron chi connectivity index (χ1n) is 5.35. The van der Waals surface area contributed by atoms with Crippen molar-refractivity contribution in [3.8, 4) is 0 Å². The molecule has 1 saturated heterocycles. The fourth-order valence-electron chi connectivity index (χ4n) is 1.77. The average Bonchev–Trinajstić information content (AvgIpc) is 2.71. The highest BCUT2D eigenvalue weighted by Gasteiger charge is 2.14. The Morgan fingerprint density at radius 2 is 2.47 bits per heavy atom. The van der Waals surface area contributed by atoms with E-state index < -0.39 is 0 Å². The zero-order valence-corrected chi connectivity index (χ0v) is 8.66. The van der Waals surface area contributed by atoms with E-state index in [4.69, 9.17) is 4.74 Å². The molecular weight excluding hydrogens is 192 g/mol. The first-order chi connectivity index (χ1) is 7.34. The van der Waals surface area contributed by atoms with Crippen LogP contribution in [0.4, 0.5) is 0 Å². The van der Waals surface area contributed by atoms with Crippen LogP contribution in [-0.4, -0.2) is 24.2 Å². The zero-order valence-electron chi connectivity index (χ0n) is 8.66. The number of pyridine rings is 1. The quantitative estimate of drug-likeness (QED) is 0.763. The molecule has 0 aromatic carbocycles. The van der Waals surface area contributed by atoms with Gasteiger partial charge in [0.05, 0.1) is 6.10 Å². The summed E-state index contributed by atoms with van der Waals surface area (Å²) in [6.45, 7) is 2.43. The van der Waals surface area contributed by atoms with Gasteiger partial charge in [-0.2, -0.15) is 0 Å². The summed E-state index contributed by atoms with van der Waals surface area (Å²) in [6, 6.07) is 5.19. The number of aromatic amines is 1. The minimum absolute atomic E-state index is 0.0496. The van der Waals surface area contributed by atoms with Gasteiger partial charge in [-0.25, -0.2) is 0 Å². The van der Waals surface area contributed by atoms with Gasteiger partial charge >= 0.3 is 0 Å². The van der Waals surface area contributed by atoms with E-state index in [0.717, 1.165) is 31.7 Å².